The fourth-order valence-electron chi connectivity index (χ4n) is 4.92. The van der Waals surface area contributed by atoms with E-state index in [0.29, 0.717) is 11.5 Å². The molecule has 32 heavy (non-hydrogen) atoms. The van der Waals surface area contributed by atoms with Crippen molar-refractivity contribution in [2.24, 2.45) is 11.8 Å². The van der Waals surface area contributed by atoms with E-state index in [2.05, 4.69) is 15.3 Å². The van der Waals surface area contributed by atoms with E-state index in [1.54, 1.807) is 0 Å². The van der Waals surface area contributed by atoms with Crippen LogP contribution >= 0.6 is 0 Å². The number of rotatable bonds is 5. The Morgan fingerprint density at radius 2 is 1.62 bits per heavy atom. The van der Waals surface area contributed by atoms with Crippen molar-refractivity contribution >= 4 is 22.5 Å². The van der Waals surface area contributed by atoms with Crippen LogP contribution in [0, 0.1) is 11.8 Å². The predicted molar refractivity (Wildman–Crippen MR) is 123 cm³/mol. The van der Waals surface area contributed by atoms with E-state index in [0.717, 1.165) is 22.2 Å². The number of anilines is 2. The zero-order chi connectivity index (χ0) is 22.2. The first-order valence-corrected chi connectivity index (χ1v) is 10.8. The van der Waals surface area contributed by atoms with Crippen molar-refractivity contribution < 1.29 is 15.3 Å². The van der Waals surface area contributed by atoms with Gasteiger partial charge < -0.3 is 25.2 Å². The van der Waals surface area contributed by atoms with E-state index in [-0.39, 0.29) is 12.5 Å². The van der Waals surface area contributed by atoms with Gasteiger partial charge in [-0.1, -0.05) is 55.5 Å². The molecule has 4 unspecified atom stereocenters. The molecule has 5 atom stereocenters. The Kier molecular flexibility index (Phi) is 5.38. The molecule has 1 fully saturated rings. The van der Waals surface area contributed by atoms with Crippen LogP contribution in [0.1, 0.15) is 13.0 Å². The quantitative estimate of drug-likeness (QED) is 0.387. The molecule has 2 heterocycles. The van der Waals surface area contributed by atoms with Crippen molar-refractivity contribution in [2.75, 3.05) is 11.9 Å². The van der Waals surface area contributed by atoms with Crippen molar-refractivity contribution in [3.8, 4) is 11.1 Å². The molecule has 0 spiro atoms. The summed E-state index contributed by atoms with van der Waals surface area (Å²) in [6.45, 7) is 1.76. The number of nitrogens with zero attached hydrogens (tertiary/aromatic N) is 3. The van der Waals surface area contributed by atoms with E-state index in [1.165, 1.54) is 6.33 Å². The Morgan fingerprint density at radius 1 is 0.938 bits per heavy atom. The Morgan fingerprint density at radius 3 is 2.28 bits per heavy atom. The second-order valence-electron chi connectivity index (χ2n) is 8.41. The molecule has 1 aliphatic carbocycles. The first kappa shape index (κ1) is 20.6. The summed E-state index contributed by atoms with van der Waals surface area (Å²) in [5.74, 6) is 0.110. The first-order valence-electron chi connectivity index (χ1n) is 10.8. The molecular formula is C25H26N4O3. The van der Waals surface area contributed by atoms with Crippen molar-refractivity contribution in [3.63, 3.8) is 0 Å². The predicted octanol–water partition coefficient (Wildman–Crippen LogP) is 3.36. The number of hydrogen-bond acceptors (Lipinski definition) is 6. The molecule has 1 aliphatic rings. The molecule has 4 N–H and O–H groups in total. The SMILES string of the molecule is C[C@H]1C(CO)C(O)C(O)C1n1cc(-c2ccccc2)c2c(Nc3ccccc3)ncnc21. The van der Waals surface area contributed by atoms with Crippen molar-refractivity contribution in [2.45, 2.75) is 25.2 Å². The van der Waals surface area contributed by atoms with Gasteiger partial charge in [-0.25, -0.2) is 9.97 Å². The monoisotopic (exact) mass is 430 g/mol. The van der Waals surface area contributed by atoms with Gasteiger partial charge in [0.05, 0.1) is 17.5 Å². The molecule has 0 radical (unpaired) electrons. The number of aliphatic hydroxyl groups excluding tert-OH is 3. The van der Waals surface area contributed by atoms with Crippen LogP contribution in [-0.4, -0.2) is 48.7 Å². The van der Waals surface area contributed by atoms with Gasteiger partial charge in [0.2, 0.25) is 0 Å². The maximum atomic E-state index is 10.9. The second kappa shape index (κ2) is 8.35. The average molecular weight is 431 g/mol. The maximum Gasteiger partial charge on any atom is 0.146 e. The summed E-state index contributed by atoms with van der Waals surface area (Å²) < 4.78 is 1.93. The maximum absolute atomic E-state index is 10.9. The highest BCUT2D eigenvalue weighted by molar-refractivity contribution is 6.02. The lowest BCUT2D eigenvalue weighted by atomic mass is 9.95. The smallest absolute Gasteiger partial charge is 0.146 e. The normalized spacial score (nSPS) is 25.3. The highest BCUT2D eigenvalue weighted by Crippen LogP contribution is 2.44. The Labute approximate surface area is 186 Å². The number of fused-ring (bicyclic) bond motifs is 1. The van der Waals surface area contributed by atoms with Gasteiger partial charge in [0.1, 0.15) is 23.9 Å². The van der Waals surface area contributed by atoms with Gasteiger partial charge in [0.25, 0.3) is 0 Å². The molecule has 7 nitrogen and oxygen atoms in total. The fraction of sp³-hybridized carbons (Fsp3) is 0.280. The van der Waals surface area contributed by atoms with Crippen molar-refractivity contribution in [1.82, 2.24) is 14.5 Å². The van der Waals surface area contributed by atoms with Gasteiger partial charge in [0.15, 0.2) is 0 Å². The highest BCUT2D eigenvalue weighted by atomic mass is 16.3. The topological polar surface area (TPSA) is 103 Å². The van der Waals surface area contributed by atoms with Crippen LogP contribution in [0.2, 0.25) is 0 Å². The van der Waals surface area contributed by atoms with Crippen LogP contribution in [0.5, 0.6) is 0 Å². The molecule has 0 saturated heterocycles. The zero-order valence-corrected chi connectivity index (χ0v) is 17.7. The van der Waals surface area contributed by atoms with Gasteiger partial charge in [0, 0.05) is 30.0 Å². The lowest BCUT2D eigenvalue weighted by Gasteiger charge is -2.23. The number of hydrogen-bond donors (Lipinski definition) is 4. The summed E-state index contributed by atoms with van der Waals surface area (Å²) in [5.41, 5.74) is 3.51. The van der Waals surface area contributed by atoms with Crippen molar-refractivity contribution in [3.05, 3.63) is 73.2 Å². The van der Waals surface area contributed by atoms with Gasteiger partial charge in [-0.2, -0.15) is 0 Å². The minimum absolute atomic E-state index is 0.148. The Balaban J connectivity index is 1.71. The van der Waals surface area contributed by atoms with Crippen LogP contribution in [0.25, 0.3) is 22.2 Å². The van der Waals surface area contributed by atoms with Gasteiger partial charge >= 0.3 is 0 Å². The Hall–Kier alpha value is -3.26. The van der Waals surface area contributed by atoms with Crippen LogP contribution in [0.4, 0.5) is 11.5 Å². The lowest BCUT2D eigenvalue weighted by Crippen LogP contribution is -2.30. The van der Waals surface area contributed by atoms with Gasteiger partial charge in [-0.05, 0) is 23.6 Å². The largest absolute Gasteiger partial charge is 0.396 e. The van der Waals surface area contributed by atoms with Crippen LogP contribution in [-0.2, 0) is 0 Å². The van der Waals surface area contributed by atoms with E-state index in [1.807, 2.05) is 78.4 Å². The van der Waals surface area contributed by atoms with Crippen LogP contribution in [0.15, 0.2) is 73.2 Å². The summed E-state index contributed by atoms with van der Waals surface area (Å²) in [6, 6.07) is 19.4. The van der Waals surface area contributed by atoms with Crippen LogP contribution < -0.4 is 5.32 Å². The van der Waals surface area contributed by atoms with E-state index < -0.39 is 24.2 Å². The lowest BCUT2D eigenvalue weighted by molar-refractivity contribution is -0.00430. The van der Waals surface area contributed by atoms with E-state index >= 15 is 0 Å². The first-order chi connectivity index (χ1) is 15.6. The molecule has 4 aromatic rings. The third-order valence-electron chi connectivity index (χ3n) is 6.62. The minimum atomic E-state index is -1.01. The summed E-state index contributed by atoms with van der Waals surface area (Å²) >= 11 is 0. The summed E-state index contributed by atoms with van der Waals surface area (Å²) in [4.78, 5) is 9.10. The molecule has 164 valence electrons. The molecule has 5 rings (SSSR count). The molecule has 0 amide bonds. The summed E-state index contributed by atoms with van der Waals surface area (Å²) in [7, 11) is 0. The number of benzene rings is 2. The number of nitrogens with one attached hydrogen (secondary N) is 1. The molecule has 1 saturated carbocycles. The fourth-order valence-corrected chi connectivity index (χ4v) is 4.92. The van der Waals surface area contributed by atoms with Crippen molar-refractivity contribution in [1.29, 1.82) is 0 Å². The molecule has 0 bridgehead atoms. The average Bonchev–Trinajstić information content (AvgIpc) is 3.30. The number of para-hydroxylation sites is 1. The molecule has 2 aromatic carbocycles. The Bertz CT molecular complexity index is 1210. The van der Waals surface area contributed by atoms with E-state index in [9.17, 15) is 15.3 Å². The second-order valence-corrected chi connectivity index (χ2v) is 8.41. The molecular weight excluding hydrogens is 404 g/mol. The molecule has 0 aliphatic heterocycles. The minimum Gasteiger partial charge on any atom is -0.396 e. The van der Waals surface area contributed by atoms with Crippen LogP contribution in [0.3, 0.4) is 0 Å². The zero-order valence-electron chi connectivity index (χ0n) is 17.7. The number of aliphatic hydroxyl groups is 3. The highest BCUT2D eigenvalue weighted by Gasteiger charge is 2.48. The number of aromatic nitrogens is 3. The standard InChI is InChI=1S/C25H26N4O3/c1-15-19(13-30)22(31)23(32)21(15)29-12-18(16-8-4-2-5-9-16)20-24(26-14-27-25(20)29)28-17-10-6-3-7-11-17/h2-12,14-15,19,21-23,30-32H,13H2,1H3,(H,26,27,28)/t15-,19?,21?,22?,23?/m0/s1. The van der Waals surface area contributed by atoms with Gasteiger partial charge in [-0.15, -0.1) is 0 Å². The summed E-state index contributed by atoms with van der Waals surface area (Å²) in [5, 5.41) is 35.4. The van der Waals surface area contributed by atoms with Gasteiger partial charge in [-0.3, -0.25) is 0 Å². The molecule has 7 heteroatoms. The summed E-state index contributed by atoms with van der Waals surface area (Å²) in [6.07, 6.45) is 1.47. The molecule has 2 aromatic heterocycles. The third kappa shape index (κ3) is 3.35. The van der Waals surface area contributed by atoms with E-state index in [4.69, 9.17) is 0 Å². The third-order valence-corrected chi connectivity index (χ3v) is 6.62.